The summed E-state index contributed by atoms with van der Waals surface area (Å²) in [4.78, 5) is 13.9. The lowest BCUT2D eigenvalue weighted by molar-refractivity contribution is 0.0938. The number of nitrogens with one attached hydrogen (secondary N) is 2. The van der Waals surface area contributed by atoms with Crippen molar-refractivity contribution in [3.8, 4) is 0 Å². The van der Waals surface area contributed by atoms with E-state index in [2.05, 4.69) is 34.3 Å². The van der Waals surface area contributed by atoms with Crippen LogP contribution in [0.2, 0.25) is 0 Å². The van der Waals surface area contributed by atoms with Crippen LogP contribution in [-0.2, 0) is 0 Å². The van der Waals surface area contributed by atoms with Gasteiger partial charge in [0.1, 0.15) is 0 Å². The molecule has 1 rings (SSSR count). The second-order valence-electron chi connectivity index (χ2n) is 4.94. The molecular formula is C12H22N4O. The van der Waals surface area contributed by atoms with E-state index < -0.39 is 0 Å². The number of nitrogens with zero attached hydrogens (tertiary/aromatic N) is 2. The molecule has 0 spiro atoms. The topological polar surface area (TPSA) is 61.0 Å². The number of likely N-dealkylation sites (N-methyl/N-ethyl adjacent to an activating group) is 1. The molecule has 1 aromatic heterocycles. The highest BCUT2D eigenvalue weighted by atomic mass is 16.1. The van der Waals surface area contributed by atoms with Gasteiger partial charge in [0.2, 0.25) is 0 Å². The van der Waals surface area contributed by atoms with E-state index in [0.29, 0.717) is 24.1 Å². The molecule has 0 fully saturated rings. The van der Waals surface area contributed by atoms with Crippen molar-refractivity contribution in [3.63, 3.8) is 0 Å². The molecule has 0 radical (unpaired) electrons. The normalized spacial score (nSPS) is 13.1. The summed E-state index contributed by atoms with van der Waals surface area (Å²) in [6.07, 6.45) is 4.20. The Morgan fingerprint density at radius 1 is 1.53 bits per heavy atom. The molecule has 96 valence electrons. The van der Waals surface area contributed by atoms with Gasteiger partial charge in [-0.3, -0.25) is 9.89 Å². The summed E-state index contributed by atoms with van der Waals surface area (Å²) in [5, 5.41) is 9.32. The summed E-state index contributed by atoms with van der Waals surface area (Å²) < 4.78 is 0. The highest BCUT2D eigenvalue weighted by Crippen LogP contribution is 2.08. The summed E-state index contributed by atoms with van der Waals surface area (Å²) in [5.41, 5.74) is 0.576. The van der Waals surface area contributed by atoms with Gasteiger partial charge in [0.25, 0.3) is 5.91 Å². The summed E-state index contributed by atoms with van der Waals surface area (Å²) in [5.74, 6) is 0.544. The van der Waals surface area contributed by atoms with E-state index in [1.807, 2.05) is 14.1 Å². The lowest BCUT2D eigenvalue weighted by atomic mass is 10.0. The number of aromatic amines is 1. The van der Waals surface area contributed by atoms with Gasteiger partial charge in [0.15, 0.2) is 0 Å². The Balaban J connectivity index is 2.44. The van der Waals surface area contributed by atoms with Gasteiger partial charge >= 0.3 is 0 Å². The average Bonchev–Trinajstić information content (AvgIpc) is 2.76. The Kier molecular flexibility index (Phi) is 5.15. The van der Waals surface area contributed by atoms with Crippen LogP contribution in [0, 0.1) is 5.92 Å². The predicted molar refractivity (Wildman–Crippen MR) is 67.9 cm³/mol. The monoisotopic (exact) mass is 238 g/mol. The maximum atomic E-state index is 11.7. The zero-order chi connectivity index (χ0) is 12.8. The Hall–Kier alpha value is -1.36. The zero-order valence-corrected chi connectivity index (χ0v) is 11.0. The Morgan fingerprint density at radius 2 is 2.24 bits per heavy atom. The summed E-state index contributed by atoms with van der Waals surface area (Å²) in [6, 6.07) is 0.367. The lowest BCUT2D eigenvalue weighted by Gasteiger charge is -2.26. The largest absolute Gasteiger partial charge is 0.350 e. The van der Waals surface area contributed by atoms with Crippen LogP contribution < -0.4 is 5.32 Å². The first-order valence-electron chi connectivity index (χ1n) is 5.94. The Morgan fingerprint density at radius 3 is 2.71 bits per heavy atom. The fourth-order valence-electron chi connectivity index (χ4n) is 1.71. The molecule has 0 saturated heterocycles. The van der Waals surface area contributed by atoms with Crippen LogP contribution in [0.5, 0.6) is 0 Å². The van der Waals surface area contributed by atoms with E-state index in [9.17, 15) is 4.79 Å². The van der Waals surface area contributed by atoms with Gasteiger partial charge in [-0.1, -0.05) is 13.8 Å². The molecule has 0 saturated carbocycles. The molecule has 2 N–H and O–H groups in total. The van der Waals surface area contributed by atoms with Gasteiger partial charge in [-0.2, -0.15) is 5.10 Å². The van der Waals surface area contributed by atoms with E-state index in [-0.39, 0.29) is 5.91 Å². The van der Waals surface area contributed by atoms with Crippen molar-refractivity contribution in [2.24, 2.45) is 5.92 Å². The van der Waals surface area contributed by atoms with Crippen molar-refractivity contribution >= 4 is 5.91 Å². The Bertz CT molecular complexity index is 332. The van der Waals surface area contributed by atoms with E-state index in [0.717, 1.165) is 6.42 Å². The minimum atomic E-state index is -0.0747. The number of carbonyl (C=O) groups excluding carboxylic acids is 1. The molecule has 1 amide bonds. The first kappa shape index (κ1) is 13.7. The van der Waals surface area contributed by atoms with Crippen molar-refractivity contribution < 1.29 is 4.79 Å². The zero-order valence-electron chi connectivity index (χ0n) is 11.0. The molecule has 5 heteroatoms. The molecule has 0 aromatic carbocycles. The second-order valence-corrected chi connectivity index (χ2v) is 4.94. The first-order valence-corrected chi connectivity index (χ1v) is 5.94. The molecule has 1 atom stereocenters. The number of H-pyrrole nitrogens is 1. The van der Waals surface area contributed by atoms with Crippen LogP contribution in [0.25, 0.3) is 0 Å². The SMILES string of the molecule is CC(C)CC(CNC(=O)c1cn[nH]c1)N(C)C. The van der Waals surface area contributed by atoms with Crippen molar-refractivity contribution in [1.82, 2.24) is 20.4 Å². The summed E-state index contributed by atoms with van der Waals surface area (Å²) >= 11 is 0. The minimum absolute atomic E-state index is 0.0747. The minimum Gasteiger partial charge on any atom is -0.350 e. The number of aromatic nitrogens is 2. The van der Waals surface area contributed by atoms with Gasteiger partial charge in [0.05, 0.1) is 11.8 Å². The van der Waals surface area contributed by atoms with Gasteiger partial charge in [-0.25, -0.2) is 0 Å². The lowest BCUT2D eigenvalue weighted by Crippen LogP contribution is -2.41. The number of hydrogen-bond acceptors (Lipinski definition) is 3. The molecule has 0 bridgehead atoms. The molecule has 1 aromatic rings. The number of rotatable bonds is 6. The average molecular weight is 238 g/mol. The standard InChI is InChI=1S/C12H22N4O/c1-9(2)5-11(16(3)4)8-13-12(17)10-6-14-15-7-10/h6-7,9,11H,5,8H2,1-4H3,(H,13,17)(H,14,15). The van der Waals surface area contributed by atoms with Gasteiger partial charge < -0.3 is 10.2 Å². The van der Waals surface area contributed by atoms with E-state index in [1.54, 1.807) is 6.20 Å². The van der Waals surface area contributed by atoms with Crippen LogP contribution in [-0.4, -0.2) is 47.7 Å². The summed E-state index contributed by atoms with van der Waals surface area (Å²) in [7, 11) is 4.08. The molecular weight excluding hydrogens is 216 g/mol. The Labute approximate surface area is 103 Å². The van der Waals surface area contributed by atoms with E-state index >= 15 is 0 Å². The van der Waals surface area contributed by atoms with Gasteiger partial charge in [-0.15, -0.1) is 0 Å². The number of hydrogen-bond donors (Lipinski definition) is 2. The quantitative estimate of drug-likeness (QED) is 0.780. The summed E-state index contributed by atoms with van der Waals surface area (Å²) in [6.45, 7) is 5.04. The van der Waals surface area contributed by atoms with Crippen molar-refractivity contribution in [1.29, 1.82) is 0 Å². The van der Waals surface area contributed by atoms with Gasteiger partial charge in [-0.05, 0) is 26.4 Å². The fraction of sp³-hybridized carbons (Fsp3) is 0.667. The molecule has 0 aliphatic heterocycles. The number of amides is 1. The van der Waals surface area contributed by atoms with Crippen LogP contribution in [0.1, 0.15) is 30.6 Å². The molecule has 1 unspecified atom stereocenters. The van der Waals surface area contributed by atoms with Crippen molar-refractivity contribution in [3.05, 3.63) is 18.0 Å². The smallest absolute Gasteiger partial charge is 0.254 e. The molecule has 1 heterocycles. The third-order valence-electron chi connectivity index (χ3n) is 2.73. The van der Waals surface area contributed by atoms with Crippen LogP contribution in [0.3, 0.4) is 0 Å². The van der Waals surface area contributed by atoms with Crippen LogP contribution in [0.15, 0.2) is 12.4 Å². The first-order chi connectivity index (χ1) is 8.00. The van der Waals surface area contributed by atoms with Crippen LogP contribution in [0.4, 0.5) is 0 Å². The van der Waals surface area contributed by atoms with Crippen molar-refractivity contribution in [2.75, 3.05) is 20.6 Å². The maximum Gasteiger partial charge on any atom is 0.254 e. The third kappa shape index (κ3) is 4.56. The molecule has 17 heavy (non-hydrogen) atoms. The highest BCUT2D eigenvalue weighted by Gasteiger charge is 2.15. The van der Waals surface area contributed by atoms with E-state index in [4.69, 9.17) is 0 Å². The third-order valence-corrected chi connectivity index (χ3v) is 2.73. The molecule has 5 nitrogen and oxygen atoms in total. The van der Waals surface area contributed by atoms with E-state index in [1.165, 1.54) is 6.20 Å². The molecule has 0 aliphatic carbocycles. The van der Waals surface area contributed by atoms with Gasteiger partial charge in [0, 0.05) is 18.8 Å². The number of carbonyl (C=O) groups is 1. The second kappa shape index (κ2) is 6.39. The molecule has 0 aliphatic rings. The maximum absolute atomic E-state index is 11.7. The van der Waals surface area contributed by atoms with Crippen LogP contribution >= 0.6 is 0 Å². The predicted octanol–water partition coefficient (Wildman–Crippen LogP) is 1.12. The van der Waals surface area contributed by atoms with Crippen molar-refractivity contribution in [2.45, 2.75) is 26.3 Å². The highest BCUT2D eigenvalue weighted by molar-refractivity contribution is 5.93. The fourth-order valence-corrected chi connectivity index (χ4v) is 1.71.